The topological polar surface area (TPSA) is 64.2 Å². The summed E-state index contributed by atoms with van der Waals surface area (Å²) in [5, 5.41) is 16.1. The van der Waals surface area contributed by atoms with E-state index >= 15 is 0 Å². The summed E-state index contributed by atoms with van der Waals surface area (Å²) < 4.78 is 0. The van der Waals surface area contributed by atoms with Crippen LogP contribution in [0.15, 0.2) is 78.9 Å². The van der Waals surface area contributed by atoms with E-state index < -0.39 is 6.10 Å². The van der Waals surface area contributed by atoms with Gasteiger partial charge in [0.05, 0.1) is 11.7 Å². The van der Waals surface area contributed by atoms with Gasteiger partial charge in [0.1, 0.15) is 11.9 Å². The fourth-order valence-corrected chi connectivity index (χ4v) is 6.67. The fourth-order valence-electron chi connectivity index (χ4n) is 6.67. The van der Waals surface area contributed by atoms with E-state index in [0.717, 1.165) is 49.0 Å². The van der Waals surface area contributed by atoms with Gasteiger partial charge in [-0.1, -0.05) is 120 Å². The van der Waals surface area contributed by atoms with Crippen molar-refractivity contribution in [1.29, 1.82) is 0 Å². The summed E-state index contributed by atoms with van der Waals surface area (Å²) in [5.41, 5.74) is 7.72. The molecule has 4 aromatic rings. The second-order valence-corrected chi connectivity index (χ2v) is 13.8. The molecule has 0 amide bonds. The number of rotatable bonds is 7. The zero-order valence-corrected chi connectivity index (χ0v) is 26.4. The van der Waals surface area contributed by atoms with Crippen molar-refractivity contribution in [2.45, 2.75) is 77.4 Å². The number of imidazole rings is 1. The molecular weight excluding hydrogens is 516 g/mol. The van der Waals surface area contributed by atoms with Gasteiger partial charge in [-0.05, 0) is 40.0 Å². The SMILES string of the molecule is Cc1[nH]c(-c2ccccc2)nc1C(O)C(C(c1ccccc1C(C)(C)C)c1ccccc1C(C)(C)C)N1CCNCC1. The van der Waals surface area contributed by atoms with Crippen LogP contribution in [0.25, 0.3) is 11.4 Å². The van der Waals surface area contributed by atoms with E-state index in [2.05, 4.69) is 117 Å². The number of piperazine rings is 1. The molecule has 0 radical (unpaired) electrons. The fraction of sp³-hybridized carbons (Fsp3) is 0.432. The van der Waals surface area contributed by atoms with E-state index in [4.69, 9.17) is 4.98 Å². The summed E-state index contributed by atoms with van der Waals surface area (Å²) in [7, 11) is 0. The van der Waals surface area contributed by atoms with E-state index in [9.17, 15) is 5.11 Å². The van der Waals surface area contributed by atoms with Crippen LogP contribution in [0.4, 0.5) is 0 Å². The third-order valence-corrected chi connectivity index (χ3v) is 8.70. The number of H-pyrrole nitrogens is 1. The molecule has 3 N–H and O–H groups in total. The Hall–Kier alpha value is -3.25. The van der Waals surface area contributed by atoms with Crippen LogP contribution in [0.5, 0.6) is 0 Å². The molecule has 3 aromatic carbocycles. The number of hydrogen-bond donors (Lipinski definition) is 3. The maximum atomic E-state index is 12.6. The molecule has 0 aliphatic carbocycles. The van der Waals surface area contributed by atoms with Crippen molar-refractivity contribution in [2.75, 3.05) is 26.2 Å². The van der Waals surface area contributed by atoms with Gasteiger partial charge < -0.3 is 15.4 Å². The summed E-state index contributed by atoms with van der Waals surface area (Å²) >= 11 is 0. The van der Waals surface area contributed by atoms with Gasteiger partial charge in [0.15, 0.2) is 0 Å². The minimum Gasteiger partial charge on any atom is -0.385 e. The van der Waals surface area contributed by atoms with Crippen LogP contribution in [-0.2, 0) is 10.8 Å². The highest BCUT2D eigenvalue weighted by Gasteiger charge is 2.41. The third kappa shape index (κ3) is 6.24. The largest absolute Gasteiger partial charge is 0.385 e. The van der Waals surface area contributed by atoms with Gasteiger partial charge in [0.25, 0.3) is 0 Å². The third-order valence-electron chi connectivity index (χ3n) is 8.70. The van der Waals surface area contributed by atoms with Crippen LogP contribution in [0.2, 0.25) is 0 Å². The molecule has 42 heavy (non-hydrogen) atoms. The molecule has 2 atom stereocenters. The maximum absolute atomic E-state index is 12.6. The Labute approximate surface area is 252 Å². The molecule has 5 nitrogen and oxygen atoms in total. The van der Waals surface area contributed by atoms with Crippen LogP contribution >= 0.6 is 0 Å². The lowest BCUT2D eigenvalue weighted by atomic mass is 9.70. The number of aromatic amines is 1. The molecule has 5 heteroatoms. The molecule has 1 aliphatic heterocycles. The summed E-state index contributed by atoms with van der Waals surface area (Å²) in [6.07, 6.45) is -0.803. The Morgan fingerprint density at radius 2 is 1.24 bits per heavy atom. The highest BCUT2D eigenvalue weighted by atomic mass is 16.3. The molecule has 1 aliphatic rings. The minimum atomic E-state index is -0.803. The minimum absolute atomic E-state index is 0.0623. The average Bonchev–Trinajstić information content (AvgIpc) is 3.37. The zero-order valence-electron chi connectivity index (χ0n) is 26.4. The molecule has 0 spiro atoms. The van der Waals surface area contributed by atoms with E-state index in [1.54, 1.807) is 0 Å². The van der Waals surface area contributed by atoms with Gasteiger partial charge in [-0.3, -0.25) is 4.90 Å². The van der Waals surface area contributed by atoms with Gasteiger partial charge in [-0.15, -0.1) is 0 Å². The summed E-state index contributed by atoms with van der Waals surface area (Å²) in [5.74, 6) is 0.725. The predicted molar refractivity (Wildman–Crippen MR) is 174 cm³/mol. The number of nitrogens with one attached hydrogen (secondary N) is 2. The van der Waals surface area contributed by atoms with Gasteiger partial charge >= 0.3 is 0 Å². The summed E-state index contributed by atoms with van der Waals surface area (Å²) in [4.78, 5) is 11.0. The summed E-state index contributed by atoms with van der Waals surface area (Å²) in [6, 6.07) is 27.7. The Morgan fingerprint density at radius 3 is 1.76 bits per heavy atom. The Kier molecular flexibility index (Phi) is 8.75. The molecule has 2 unspecified atom stereocenters. The lowest BCUT2D eigenvalue weighted by Gasteiger charge is -2.44. The molecule has 0 saturated carbocycles. The highest BCUT2D eigenvalue weighted by molar-refractivity contribution is 5.56. The van der Waals surface area contributed by atoms with E-state index in [-0.39, 0.29) is 22.8 Å². The average molecular weight is 565 g/mol. The molecule has 2 heterocycles. The van der Waals surface area contributed by atoms with Crippen molar-refractivity contribution in [2.24, 2.45) is 0 Å². The molecule has 0 bridgehead atoms. The van der Waals surface area contributed by atoms with Crippen molar-refractivity contribution >= 4 is 0 Å². The maximum Gasteiger partial charge on any atom is 0.137 e. The first-order valence-corrected chi connectivity index (χ1v) is 15.4. The van der Waals surface area contributed by atoms with Crippen LogP contribution in [0.3, 0.4) is 0 Å². The first-order valence-electron chi connectivity index (χ1n) is 15.4. The van der Waals surface area contributed by atoms with E-state index in [1.165, 1.54) is 22.3 Å². The molecule has 222 valence electrons. The van der Waals surface area contributed by atoms with Crippen LogP contribution < -0.4 is 5.32 Å². The van der Waals surface area contributed by atoms with Crippen LogP contribution in [0.1, 0.15) is 87.2 Å². The molecule has 1 aromatic heterocycles. The van der Waals surface area contributed by atoms with Crippen molar-refractivity contribution < 1.29 is 5.11 Å². The Balaban J connectivity index is 1.75. The summed E-state index contributed by atoms with van der Waals surface area (Å²) in [6.45, 7) is 19.3. The molecule has 1 saturated heterocycles. The Morgan fingerprint density at radius 1 is 0.738 bits per heavy atom. The van der Waals surface area contributed by atoms with Gasteiger partial charge in [0.2, 0.25) is 0 Å². The lowest BCUT2D eigenvalue weighted by Crippen LogP contribution is -2.53. The number of nitrogens with zero attached hydrogens (tertiary/aromatic N) is 2. The highest BCUT2D eigenvalue weighted by Crippen LogP contribution is 2.45. The quantitative estimate of drug-likeness (QED) is 0.224. The first kappa shape index (κ1) is 30.2. The number of aliphatic hydroxyl groups is 1. The van der Waals surface area contributed by atoms with Crippen LogP contribution in [-0.4, -0.2) is 52.2 Å². The number of aliphatic hydroxyl groups excluding tert-OH is 1. The molecule has 1 fully saturated rings. The normalized spacial score (nSPS) is 16.5. The zero-order chi connectivity index (χ0) is 30.1. The van der Waals surface area contributed by atoms with Gasteiger partial charge in [-0.25, -0.2) is 4.98 Å². The van der Waals surface area contributed by atoms with Gasteiger partial charge in [-0.2, -0.15) is 0 Å². The molecular formula is C37H48N4O. The lowest BCUT2D eigenvalue weighted by molar-refractivity contribution is 0.0290. The standard InChI is InChI=1S/C37H48N4O/c1-25-32(40-35(39-25)26-15-9-8-10-16-26)34(42)33(41-23-21-38-22-24-41)31(27-17-11-13-19-29(27)36(2,3)4)28-18-12-14-20-30(28)37(5,6)7/h8-20,31,33-34,38,42H,21-24H2,1-7H3,(H,39,40). The predicted octanol–water partition coefficient (Wildman–Crippen LogP) is 7.12. The van der Waals surface area contributed by atoms with Crippen LogP contribution in [0, 0.1) is 6.92 Å². The monoisotopic (exact) mass is 564 g/mol. The van der Waals surface area contributed by atoms with Crippen molar-refractivity contribution in [3.8, 4) is 11.4 Å². The number of aryl methyl sites for hydroxylation is 1. The van der Waals surface area contributed by atoms with Gasteiger partial charge in [0, 0.05) is 43.4 Å². The van der Waals surface area contributed by atoms with Crippen molar-refractivity contribution in [3.05, 3.63) is 113 Å². The number of benzene rings is 3. The van der Waals surface area contributed by atoms with E-state index in [0.29, 0.717) is 0 Å². The number of hydrogen-bond acceptors (Lipinski definition) is 4. The van der Waals surface area contributed by atoms with Crippen molar-refractivity contribution in [3.63, 3.8) is 0 Å². The number of aromatic nitrogens is 2. The first-order chi connectivity index (χ1) is 20.0. The van der Waals surface area contributed by atoms with Crippen molar-refractivity contribution in [1.82, 2.24) is 20.2 Å². The Bertz CT molecular complexity index is 1410. The second kappa shape index (κ2) is 12.2. The second-order valence-electron chi connectivity index (χ2n) is 13.8. The van der Waals surface area contributed by atoms with E-state index in [1.807, 2.05) is 25.1 Å². The molecule has 5 rings (SSSR count). The smallest absolute Gasteiger partial charge is 0.137 e.